The number of nitrogens with two attached hydrogens (primary N) is 1. The van der Waals surface area contributed by atoms with Gasteiger partial charge >= 0.3 is 0 Å². The largest absolute Gasteiger partial charge is 0.352 e. The molecule has 1 saturated carbocycles. The van der Waals surface area contributed by atoms with Gasteiger partial charge in [-0.2, -0.15) is 0 Å². The van der Waals surface area contributed by atoms with Crippen molar-refractivity contribution in [3.63, 3.8) is 0 Å². The van der Waals surface area contributed by atoms with E-state index in [-0.39, 0.29) is 17.7 Å². The van der Waals surface area contributed by atoms with E-state index in [1.54, 1.807) is 36.5 Å². The van der Waals surface area contributed by atoms with E-state index in [1.165, 1.54) is 0 Å². The summed E-state index contributed by atoms with van der Waals surface area (Å²) in [6.07, 6.45) is 6.25. The topological polar surface area (TPSA) is 88.3 Å². The lowest BCUT2D eigenvalue weighted by atomic mass is 9.95. The van der Waals surface area contributed by atoms with Gasteiger partial charge in [0.05, 0.1) is 0 Å². The van der Waals surface area contributed by atoms with E-state index in [1.807, 2.05) is 24.3 Å². The van der Waals surface area contributed by atoms with Crippen LogP contribution in [-0.4, -0.2) is 30.4 Å². The lowest BCUT2D eigenvalue weighted by Crippen LogP contribution is -2.34. The van der Waals surface area contributed by atoms with Gasteiger partial charge in [-0.05, 0) is 55.1 Å². The van der Waals surface area contributed by atoms with Gasteiger partial charge in [0.1, 0.15) is 0 Å². The average molecular weight is 366 g/mol. The molecule has 0 unspecified atom stereocenters. The van der Waals surface area contributed by atoms with Crippen LogP contribution in [0.3, 0.4) is 0 Å². The normalized spacial score (nSPS) is 18.9. The summed E-state index contributed by atoms with van der Waals surface area (Å²) in [6.45, 7) is 1.06. The third kappa shape index (κ3) is 4.52. The Bertz CT molecular complexity index is 777. The van der Waals surface area contributed by atoms with Crippen LogP contribution in [0.5, 0.6) is 0 Å². The van der Waals surface area contributed by atoms with Gasteiger partial charge in [-0.25, -0.2) is 0 Å². The molecule has 1 aromatic heterocycles. The Balaban J connectivity index is 1.57. The maximum Gasteiger partial charge on any atom is 0.258 e. The fourth-order valence-corrected chi connectivity index (χ4v) is 3.63. The minimum Gasteiger partial charge on any atom is -0.352 e. The number of carbonyl (C=O) groups excluding carboxylic acids is 2. The van der Waals surface area contributed by atoms with Gasteiger partial charge in [-0.3, -0.25) is 14.6 Å². The van der Waals surface area contributed by atoms with E-state index in [4.69, 9.17) is 5.73 Å². The minimum absolute atomic E-state index is 0.0402. The Labute approximate surface area is 159 Å². The monoisotopic (exact) mass is 366 g/mol. The number of hydrogen-bond acceptors (Lipinski definition) is 4. The number of amides is 2. The molecule has 1 aliphatic carbocycles. The molecular formula is C21H26N4O2. The first-order valence-corrected chi connectivity index (χ1v) is 9.35. The van der Waals surface area contributed by atoms with Crippen molar-refractivity contribution in [3.05, 3.63) is 59.9 Å². The number of hydrogen-bond donors (Lipinski definition) is 2. The predicted molar refractivity (Wildman–Crippen MR) is 105 cm³/mol. The van der Waals surface area contributed by atoms with Crippen LogP contribution in [0.25, 0.3) is 0 Å². The van der Waals surface area contributed by atoms with E-state index < -0.39 is 0 Å². The fraction of sp³-hybridized carbons (Fsp3) is 0.381. The van der Waals surface area contributed by atoms with Crippen molar-refractivity contribution in [2.24, 2.45) is 17.6 Å². The minimum atomic E-state index is -0.0903. The van der Waals surface area contributed by atoms with Crippen molar-refractivity contribution in [1.82, 2.24) is 10.3 Å². The zero-order valence-corrected chi connectivity index (χ0v) is 15.6. The summed E-state index contributed by atoms with van der Waals surface area (Å²) in [5.74, 6) is 0.350. The molecule has 6 nitrogen and oxygen atoms in total. The number of nitrogens with one attached hydrogen (secondary N) is 1. The third-order valence-electron chi connectivity index (χ3n) is 5.32. The molecule has 3 N–H and O–H groups in total. The Morgan fingerprint density at radius 3 is 2.52 bits per heavy atom. The second-order valence-corrected chi connectivity index (χ2v) is 7.02. The van der Waals surface area contributed by atoms with Gasteiger partial charge < -0.3 is 16.0 Å². The van der Waals surface area contributed by atoms with Crippen LogP contribution in [-0.2, 0) is 11.3 Å². The maximum absolute atomic E-state index is 12.5. The lowest BCUT2D eigenvalue weighted by Gasteiger charge is -2.19. The van der Waals surface area contributed by atoms with Gasteiger partial charge in [-0.1, -0.05) is 18.6 Å². The third-order valence-corrected chi connectivity index (χ3v) is 5.32. The summed E-state index contributed by atoms with van der Waals surface area (Å²) in [4.78, 5) is 30.4. The number of rotatable bonds is 6. The first kappa shape index (κ1) is 19.0. The molecule has 0 saturated heterocycles. The Kier molecular flexibility index (Phi) is 6.19. The first-order chi connectivity index (χ1) is 13.1. The van der Waals surface area contributed by atoms with E-state index in [2.05, 4.69) is 10.3 Å². The Morgan fingerprint density at radius 1 is 1.15 bits per heavy atom. The second-order valence-electron chi connectivity index (χ2n) is 7.02. The summed E-state index contributed by atoms with van der Waals surface area (Å²) in [5, 5.41) is 3.02. The molecule has 27 heavy (non-hydrogen) atoms. The average Bonchev–Trinajstić information content (AvgIpc) is 3.21. The zero-order chi connectivity index (χ0) is 19.2. The number of nitrogens with zero attached hydrogens (tertiary/aromatic N) is 2. The van der Waals surface area contributed by atoms with Gasteiger partial charge in [0.2, 0.25) is 5.91 Å². The maximum atomic E-state index is 12.5. The highest BCUT2D eigenvalue weighted by molar-refractivity contribution is 6.05. The van der Waals surface area contributed by atoms with Gasteiger partial charge in [0.25, 0.3) is 5.91 Å². The molecule has 6 heteroatoms. The molecule has 2 aromatic rings. The SMILES string of the molecule is CN(C(=O)c1ccncc1)c1ccc(CNC(=O)[C@@H]2CCC[C@@H]2CN)cc1. The highest BCUT2D eigenvalue weighted by atomic mass is 16.2. The molecular weight excluding hydrogens is 340 g/mol. The Hall–Kier alpha value is -2.73. The summed E-state index contributed by atoms with van der Waals surface area (Å²) in [6, 6.07) is 11.0. The van der Waals surface area contributed by atoms with Gasteiger partial charge in [-0.15, -0.1) is 0 Å². The predicted octanol–water partition coefficient (Wildman–Crippen LogP) is 2.35. The molecule has 3 rings (SSSR count). The molecule has 0 bridgehead atoms. The molecule has 1 heterocycles. The van der Waals surface area contributed by atoms with Crippen molar-refractivity contribution in [2.75, 3.05) is 18.5 Å². The van der Waals surface area contributed by atoms with Crippen LogP contribution >= 0.6 is 0 Å². The molecule has 2 amide bonds. The number of pyridine rings is 1. The van der Waals surface area contributed by atoms with Crippen LogP contribution in [0.15, 0.2) is 48.8 Å². The molecule has 0 spiro atoms. The van der Waals surface area contributed by atoms with E-state index in [0.717, 1.165) is 30.5 Å². The summed E-state index contributed by atoms with van der Waals surface area (Å²) in [7, 11) is 1.74. The summed E-state index contributed by atoms with van der Waals surface area (Å²) >= 11 is 0. The molecule has 0 aliphatic heterocycles. The van der Waals surface area contributed by atoms with E-state index in [9.17, 15) is 9.59 Å². The van der Waals surface area contributed by atoms with Crippen molar-refractivity contribution in [3.8, 4) is 0 Å². The second kappa shape index (κ2) is 8.77. The van der Waals surface area contributed by atoms with Crippen LogP contribution in [0.4, 0.5) is 5.69 Å². The van der Waals surface area contributed by atoms with Crippen LogP contribution < -0.4 is 16.0 Å². The van der Waals surface area contributed by atoms with Crippen LogP contribution in [0, 0.1) is 11.8 Å². The highest BCUT2D eigenvalue weighted by Gasteiger charge is 2.31. The fourth-order valence-electron chi connectivity index (χ4n) is 3.63. The lowest BCUT2D eigenvalue weighted by molar-refractivity contribution is -0.126. The van der Waals surface area contributed by atoms with Gasteiger partial charge in [0.15, 0.2) is 0 Å². The van der Waals surface area contributed by atoms with Gasteiger partial charge in [0, 0.05) is 43.2 Å². The van der Waals surface area contributed by atoms with Crippen molar-refractivity contribution >= 4 is 17.5 Å². The molecule has 1 aliphatic rings. The molecule has 1 fully saturated rings. The number of benzene rings is 1. The number of anilines is 1. The highest BCUT2D eigenvalue weighted by Crippen LogP contribution is 2.31. The van der Waals surface area contributed by atoms with Crippen LogP contribution in [0.2, 0.25) is 0 Å². The smallest absolute Gasteiger partial charge is 0.258 e. The first-order valence-electron chi connectivity index (χ1n) is 9.35. The molecule has 1 aromatic carbocycles. The van der Waals surface area contributed by atoms with Crippen molar-refractivity contribution in [2.45, 2.75) is 25.8 Å². The molecule has 142 valence electrons. The zero-order valence-electron chi connectivity index (χ0n) is 15.6. The van der Waals surface area contributed by atoms with Crippen molar-refractivity contribution in [1.29, 1.82) is 0 Å². The quantitative estimate of drug-likeness (QED) is 0.821. The summed E-state index contributed by atoms with van der Waals surface area (Å²) < 4.78 is 0. The standard InChI is InChI=1S/C21H26N4O2/c1-25(21(27)16-9-11-23-12-10-16)18-7-5-15(6-8-18)14-24-20(26)19-4-2-3-17(19)13-22/h5-12,17,19H,2-4,13-14,22H2,1H3,(H,24,26)/t17-,19-/m1/s1. The van der Waals surface area contributed by atoms with Crippen molar-refractivity contribution < 1.29 is 9.59 Å². The number of aromatic nitrogens is 1. The van der Waals surface area contributed by atoms with E-state index in [0.29, 0.717) is 24.6 Å². The molecule has 0 radical (unpaired) electrons. The van der Waals surface area contributed by atoms with Crippen LogP contribution in [0.1, 0.15) is 35.2 Å². The summed E-state index contributed by atoms with van der Waals surface area (Å²) in [5.41, 5.74) is 8.15. The number of carbonyl (C=O) groups is 2. The molecule has 2 atom stereocenters. The van der Waals surface area contributed by atoms with E-state index >= 15 is 0 Å². The Morgan fingerprint density at radius 2 is 1.85 bits per heavy atom.